The average molecular weight is 256 g/mol. The van der Waals surface area contributed by atoms with E-state index in [-0.39, 0.29) is 11.9 Å². The zero-order valence-electron chi connectivity index (χ0n) is 11.3. The van der Waals surface area contributed by atoms with E-state index in [1.165, 1.54) is 0 Å². The molecule has 1 heterocycles. The van der Waals surface area contributed by atoms with E-state index in [4.69, 9.17) is 4.74 Å². The molecule has 1 unspecified atom stereocenters. The summed E-state index contributed by atoms with van der Waals surface area (Å²) in [6, 6.07) is 0.00822. The number of aromatic nitrogens is 2. The molecule has 5 nitrogen and oxygen atoms in total. The maximum Gasteiger partial charge on any atom is 0.224 e. The Bertz CT molecular complexity index is 373. The van der Waals surface area contributed by atoms with Crippen molar-refractivity contribution in [3.8, 4) is 0 Å². The molecule has 1 aromatic rings. The SMILES string of the molecule is CCNc1ncc(F)c(NC(COC)C(C)C)n1. The van der Waals surface area contributed by atoms with Crippen molar-refractivity contribution >= 4 is 11.8 Å². The Morgan fingerprint density at radius 2 is 2.17 bits per heavy atom. The fourth-order valence-corrected chi connectivity index (χ4v) is 1.47. The predicted molar refractivity (Wildman–Crippen MR) is 70.3 cm³/mol. The summed E-state index contributed by atoms with van der Waals surface area (Å²) in [7, 11) is 1.62. The van der Waals surface area contributed by atoms with Gasteiger partial charge in [0.15, 0.2) is 11.6 Å². The van der Waals surface area contributed by atoms with Crippen molar-refractivity contribution in [2.24, 2.45) is 5.92 Å². The minimum atomic E-state index is -0.460. The zero-order chi connectivity index (χ0) is 13.5. The number of ether oxygens (including phenoxy) is 1. The van der Waals surface area contributed by atoms with E-state index >= 15 is 0 Å². The molecular weight excluding hydrogens is 235 g/mol. The third-order valence-electron chi connectivity index (χ3n) is 2.55. The van der Waals surface area contributed by atoms with Crippen LogP contribution in [-0.2, 0) is 4.74 Å². The summed E-state index contributed by atoms with van der Waals surface area (Å²) in [5.74, 6) is 0.471. The molecular formula is C12H21FN4O. The van der Waals surface area contributed by atoms with Crippen LogP contribution in [0, 0.1) is 11.7 Å². The van der Waals surface area contributed by atoms with Crippen LogP contribution in [0.25, 0.3) is 0 Å². The summed E-state index contributed by atoms with van der Waals surface area (Å²) in [6.45, 7) is 7.21. The van der Waals surface area contributed by atoms with Crippen LogP contribution < -0.4 is 10.6 Å². The van der Waals surface area contributed by atoms with Crippen molar-refractivity contribution < 1.29 is 9.13 Å². The lowest BCUT2D eigenvalue weighted by Crippen LogP contribution is -2.31. The minimum absolute atomic E-state index is 0.00822. The van der Waals surface area contributed by atoms with Crippen LogP contribution >= 0.6 is 0 Å². The maximum absolute atomic E-state index is 13.6. The average Bonchev–Trinajstić information content (AvgIpc) is 2.33. The van der Waals surface area contributed by atoms with Crippen LogP contribution in [0.1, 0.15) is 20.8 Å². The molecule has 102 valence electrons. The number of anilines is 2. The van der Waals surface area contributed by atoms with Gasteiger partial charge in [0.25, 0.3) is 0 Å². The fraction of sp³-hybridized carbons (Fsp3) is 0.667. The third kappa shape index (κ3) is 4.10. The van der Waals surface area contributed by atoms with Gasteiger partial charge in [0.2, 0.25) is 5.95 Å². The lowest BCUT2D eigenvalue weighted by molar-refractivity contribution is 0.171. The summed E-state index contributed by atoms with van der Waals surface area (Å²) in [6.07, 6.45) is 1.16. The number of nitrogens with one attached hydrogen (secondary N) is 2. The second-order valence-electron chi connectivity index (χ2n) is 4.37. The van der Waals surface area contributed by atoms with Gasteiger partial charge in [0, 0.05) is 13.7 Å². The molecule has 0 aliphatic rings. The first kappa shape index (κ1) is 14.6. The lowest BCUT2D eigenvalue weighted by Gasteiger charge is -2.22. The van der Waals surface area contributed by atoms with Gasteiger partial charge in [0.1, 0.15) is 0 Å². The molecule has 0 aliphatic carbocycles. The molecule has 0 saturated heterocycles. The largest absolute Gasteiger partial charge is 0.383 e. The van der Waals surface area contributed by atoms with Gasteiger partial charge in [-0.15, -0.1) is 0 Å². The van der Waals surface area contributed by atoms with Crippen LogP contribution in [0.5, 0.6) is 0 Å². The van der Waals surface area contributed by atoms with Crippen molar-refractivity contribution in [1.29, 1.82) is 0 Å². The monoisotopic (exact) mass is 256 g/mol. The topological polar surface area (TPSA) is 59.1 Å². The molecule has 0 saturated carbocycles. The van der Waals surface area contributed by atoms with Gasteiger partial charge in [-0.05, 0) is 12.8 Å². The van der Waals surface area contributed by atoms with E-state index < -0.39 is 5.82 Å². The van der Waals surface area contributed by atoms with Gasteiger partial charge in [-0.25, -0.2) is 9.37 Å². The van der Waals surface area contributed by atoms with Crippen LogP contribution in [0.2, 0.25) is 0 Å². The number of hydrogen-bond donors (Lipinski definition) is 2. The molecule has 0 aliphatic heterocycles. The van der Waals surface area contributed by atoms with Gasteiger partial charge >= 0.3 is 0 Å². The van der Waals surface area contributed by atoms with E-state index in [0.717, 1.165) is 6.20 Å². The highest BCUT2D eigenvalue weighted by Crippen LogP contribution is 2.16. The highest BCUT2D eigenvalue weighted by Gasteiger charge is 2.16. The molecule has 2 N–H and O–H groups in total. The first-order valence-corrected chi connectivity index (χ1v) is 6.10. The Hall–Kier alpha value is -1.43. The van der Waals surface area contributed by atoms with Gasteiger partial charge in [-0.1, -0.05) is 13.8 Å². The molecule has 0 spiro atoms. The van der Waals surface area contributed by atoms with Gasteiger partial charge in [-0.2, -0.15) is 4.98 Å². The molecule has 0 aromatic carbocycles. The predicted octanol–water partition coefficient (Wildman–Crippen LogP) is 2.13. The van der Waals surface area contributed by atoms with Gasteiger partial charge < -0.3 is 15.4 Å². The van der Waals surface area contributed by atoms with E-state index in [1.54, 1.807) is 7.11 Å². The third-order valence-corrected chi connectivity index (χ3v) is 2.55. The number of rotatable bonds is 7. The number of nitrogens with zero attached hydrogens (tertiary/aromatic N) is 2. The van der Waals surface area contributed by atoms with E-state index in [9.17, 15) is 4.39 Å². The molecule has 0 bridgehead atoms. The second-order valence-corrected chi connectivity index (χ2v) is 4.37. The van der Waals surface area contributed by atoms with Crippen molar-refractivity contribution in [3.63, 3.8) is 0 Å². The molecule has 18 heavy (non-hydrogen) atoms. The quantitative estimate of drug-likeness (QED) is 0.782. The van der Waals surface area contributed by atoms with Crippen molar-refractivity contribution in [2.75, 3.05) is 30.9 Å². The highest BCUT2D eigenvalue weighted by atomic mass is 19.1. The van der Waals surface area contributed by atoms with Crippen molar-refractivity contribution in [3.05, 3.63) is 12.0 Å². The maximum atomic E-state index is 13.6. The number of halogens is 1. The van der Waals surface area contributed by atoms with Gasteiger partial charge in [0.05, 0.1) is 18.8 Å². The summed E-state index contributed by atoms with van der Waals surface area (Å²) in [4.78, 5) is 7.96. The summed E-state index contributed by atoms with van der Waals surface area (Å²) in [5.41, 5.74) is 0. The standard InChI is InChI=1S/C12H21FN4O/c1-5-14-12-15-6-9(13)11(17-12)16-10(7-18-4)8(2)3/h6,8,10H,5,7H2,1-4H3,(H2,14,15,16,17). The van der Waals surface area contributed by atoms with E-state index in [0.29, 0.717) is 25.0 Å². The zero-order valence-corrected chi connectivity index (χ0v) is 11.3. The first-order chi connectivity index (χ1) is 8.58. The minimum Gasteiger partial charge on any atom is -0.383 e. The summed E-state index contributed by atoms with van der Waals surface area (Å²) in [5, 5.41) is 6.00. The van der Waals surface area contributed by atoms with Crippen LogP contribution in [0.15, 0.2) is 6.20 Å². The Morgan fingerprint density at radius 3 is 2.72 bits per heavy atom. The summed E-state index contributed by atoms with van der Waals surface area (Å²) >= 11 is 0. The Balaban J connectivity index is 2.83. The van der Waals surface area contributed by atoms with Crippen molar-refractivity contribution in [1.82, 2.24) is 9.97 Å². The van der Waals surface area contributed by atoms with Crippen LogP contribution in [0.4, 0.5) is 16.2 Å². The molecule has 1 atom stereocenters. The highest BCUT2D eigenvalue weighted by molar-refractivity contribution is 5.41. The molecule has 0 radical (unpaired) electrons. The molecule has 6 heteroatoms. The van der Waals surface area contributed by atoms with Crippen LogP contribution in [-0.4, -0.2) is 36.3 Å². The van der Waals surface area contributed by atoms with Crippen molar-refractivity contribution in [2.45, 2.75) is 26.8 Å². The van der Waals surface area contributed by atoms with Gasteiger partial charge in [-0.3, -0.25) is 0 Å². The first-order valence-electron chi connectivity index (χ1n) is 6.10. The number of hydrogen-bond acceptors (Lipinski definition) is 5. The normalized spacial score (nSPS) is 12.6. The van der Waals surface area contributed by atoms with Crippen LogP contribution in [0.3, 0.4) is 0 Å². The Kier molecular flexibility index (Phi) is 5.77. The number of methoxy groups -OCH3 is 1. The Morgan fingerprint density at radius 1 is 1.44 bits per heavy atom. The van der Waals surface area contributed by atoms with E-state index in [1.807, 2.05) is 20.8 Å². The van der Waals surface area contributed by atoms with E-state index in [2.05, 4.69) is 20.6 Å². The summed E-state index contributed by atoms with van der Waals surface area (Å²) < 4.78 is 18.7. The fourth-order valence-electron chi connectivity index (χ4n) is 1.47. The smallest absolute Gasteiger partial charge is 0.224 e. The molecule has 0 amide bonds. The molecule has 1 aromatic heterocycles. The molecule has 0 fully saturated rings. The Labute approximate surface area is 107 Å². The molecule has 1 rings (SSSR count). The lowest BCUT2D eigenvalue weighted by atomic mass is 10.1. The second kappa shape index (κ2) is 7.10.